The molecule has 0 N–H and O–H groups in total. The molecule has 0 saturated heterocycles. The minimum atomic E-state index is 0.0517. The summed E-state index contributed by atoms with van der Waals surface area (Å²) >= 11 is 0. The molecule has 1 heterocycles. The minimum Gasteiger partial charge on any atom is -0.494 e. The fourth-order valence-corrected chi connectivity index (χ4v) is 3.90. The summed E-state index contributed by atoms with van der Waals surface area (Å²) in [4.78, 5) is 15.4. The van der Waals surface area contributed by atoms with Gasteiger partial charge in [-0.15, -0.1) is 0 Å². The number of fused-ring (bicyclic) bond motifs is 1. The normalized spacial score (nSPS) is 15.7. The van der Waals surface area contributed by atoms with Crippen LogP contribution in [0.25, 0.3) is 0 Å². The van der Waals surface area contributed by atoms with Gasteiger partial charge in [-0.05, 0) is 72.7 Å². The molecular weight excluding hydrogens is 346 g/mol. The van der Waals surface area contributed by atoms with Crippen LogP contribution in [0.2, 0.25) is 0 Å². The Morgan fingerprint density at radius 3 is 2.75 bits per heavy atom. The number of para-hydroxylation sites is 1. The Kier molecular flexibility index (Phi) is 5.61. The number of amides is 1. The molecule has 1 aliphatic carbocycles. The van der Waals surface area contributed by atoms with Gasteiger partial charge in [0.25, 0.3) is 5.91 Å². The highest BCUT2D eigenvalue weighted by Gasteiger charge is 2.26. The fraction of sp³-hybridized carbons (Fsp3) is 0.320. The average molecular weight is 373 g/mol. The van der Waals surface area contributed by atoms with Crippen LogP contribution in [0.15, 0.2) is 71.8 Å². The molecule has 0 radical (unpaired) electrons. The lowest BCUT2D eigenvalue weighted by atomic mass is 9.94. The number of carbonyl (C=O) groups excluding carboxylic acids is 1. The van der Waals surface area contributed by atoms with Crippen molar-refractivity contribution in [3.05, 3.63) is 83.0 Å². The van der Waals surface area contributed by atoms with Crippen LogP contribution in [0.4, 0.5) is 5.69 Å². The number of benzene rings is 2. The Morgan fingerprint density at radius 1 is 1.11 bits per heavy atom. The van der Waals surface area contributed by atoms with Crippen molar-refractivity contribution >= 4 is 11.6 Å². The first-order chi connectivity index (χ1) is 13.8. The van der Waals surface area contributed by atoms with Gasteiger partial charge in [-0.2, -0.15) is 0 Å². The SMILES string of the molecule is CCCCOc1ccc(C(=O)N2CC3=C(C=CCC3)Cc3ccccc32)cc1. The van der Waals surface area contributed by atoms with E-state index in [0.717, 1.165) is 43.5 Å². The maximum Gasteiger partial charge on any atom is 0.258 e. The maximum atomic E-state index is 13.4. The number of nitrogens with zero attached hydrogens (tertiary/aromatic N) is 1. The van der Waals surface area contributed by atoms with E-state index in [9.17, 15) is 4.79 Å². The Balaban J connectivity index is 1.61. The number of allylic oxidation sites excluding steroid dienone is 3. The Bertz CT molecular complexity index is 908. The third kappa shape index (κ3) is 3.89. The summed E-state index contributed by atoms with van der Waals surface area (Å²) in [7, 11) is 0. The molecule has 0 unspecified atom stereocenters. The number of carbonyl (C=O) groups is 1. The van der Waals surface area contributed by atoms with Gasteiger partial charge in [-0.3, -0.25) is 4.79 Å². The molecule has 4 rings (SSSR count). The summed E-state index contributed by atoms with van der Waals surface area (Å²) < 4.78 is 5.73. The zero-order valence-electron chi connectivity index (χ0n) is 16.5. The summed E-state index contributed by atoms with van der Waals surface area (Å²) in [5, 5.41) is 0. The fourth-order valence-electron chi connectivity index (χ4n) is 3.90. The van der Waals surface area contributed by atoms with E-state index in [2.05, 4.69) is 37.3 Å². The standard InChI is InChI=1S/C25H27NO2/c1-2-3-16-28-23-14-12-19(13-15-23)25(27)26-18-22-10-5-4-8-20(22)17-21-9-6-7-11-24(21)26/h4,6-9,11-15H,2-3,5,10,16-18H2,1H3. The molecule has 0 aromatic heterocycles. The minimum absolute atomic E-state index is 0.0517. The summed E-state index contributed by atoms with van der Waals surface area (Å²) in [5.41, 5.74) is 5.69. The van der Waals surface area contributed by atoms with Crippen molar-refractivity contribution in [2.45, 2.75) is 39.0 Å². The van der Waals surface area contributed by atoms with Gasteiger partial charge in [-0.25, -0.2) is 0 Å². The van der Waals surface area contributed by atoms with Crippen LogP contribution in [0.5, 0.6) is 5.75 Å². The Labute approximate surface area is 167 Å². The van der Waals surface area contributed by atoms with E-state index in [1.54, 1.807) is 0 Å². The molecule has 2 aliphatic rings. The predicted octanol–water partition coefficient (Wildman–Crippen LogP) is 5.72. The second kappa shape index (κ2) is 8.47. The highest BCUT2D eigenvalue weighted by molar-refractivity contribution is 6.07. The van der Waals surface area contributed by atoms with Gasteiger partial charge in [0.1, 0.15) is 5.75 Å². The van der Waals surface area contributed by atoms with Gasteiger partial charge in [-0.1, -0.05) is 43.7 Å². The second-order valence-electron chi connectivity index (χ2n) is 7.49. The first-order valence-corrected chi connectivity index (χ1v) is 10.3. The van der Waals surface area contributed by atoms with Crippen LogP contribution in [-0.4, -0.2) is 19.1 Å². The summed E-state index contributed by atoms with van der Waals surface area (Å²) in [6.07, 6.45) is 9.63. The first kappa shape index (κ1) is 18.5. The molecule has 0 atom stereocenters. The van der Waals surface area contributed by atoms with Crippen molar-refractivity contribution in [1.29, 1.82) is 0 Å². The Morgan fingerprint density at radius 2 is 1.93 bits per heavy atom. The lowest BCUT2D eigenvalue weighted by Crippen LogP contribution is -2.33. The quantitative estimate of drug-likeness (QED) is 0.628. The molecule has 2 aromatic carbocycles. The van der Waals surface area contributed by atoms with Crippen LogP contribution in [0, 0.1) is 0 Å². The number of ether oxygens (including phenoxy) is 1. The van der Waals surface area contributed by atoms with Crippen LogP contribution in [-0.2, 0) is 6.42 Å². The maximum absolute atomic E-state index is 13.4. The molecule has 2 aromatic rings. The van der Waals surface area contributed by atoms with Gasteiger partial charge in [0.2, 0.25) is 0 Å². The molecule has 0 saturated carbocycles. The van der Waals surface area contributed by atoms with Gasteiger partial charge >= 0.3 is 0 Å². The molecular formula is C25H27NO2. The summed E-state index contributed by atoms with van der Waals surface area (Å²) in [6, 6.07) is 15.9. The monoisotopic (exact) mass is 373 g/mol. The van der Waals surface area contributed by atoms with E-state index >= 15 is 0 Å². The topological polar surface area (TPSA) is 29.5 Å². The second-order valence-corrected chi connectivity index (χ2v) is 7.49. The van der Waals surface area contributed by atoms with Crippen molar-refractivity contribution in [1.82, 2.24) is 0 Å². The third-order valence-electron chi connectivity index (χ3n) is 5.51. The first-order valence-electron chi connectivity index (χ1n) is 10.3. The van der Waals surface area contributed by atoms with Crippen LogP contribution >= 0.6 is 0 Å². The lowest BCUT2D eigenvalue weighted by molar-refractivity contribution is 0.0989. The highest BCUT2D eigenvalue weighted by Crippen LogP contribution is 2.34. The van der Waals surface area contributed by atoms with Crippen molar-refractivity contribution in [3.63, 3.8) is 0 Å². The van der Waals surface area contributed by atoms with Gasteiger partial charge in [0.05, 0.1) is 6.61 Å². The number of unbranched alkanes of at least 4 members (excludes halogenated alkanes) is 1. The van der Waals surface area contributed by atoms with Gasteiger partial charge < -0.3 is 9.64 Å². The molecule has 144 valence electrons. The van der Waals surface area contributed by atoms with Crippen LogP contribution in [0.1, 0.15) is 48.5 Å². The molecule has 3 nitrogen and oxygen atoms in total. The summed E-state index contributed by atoms with van der Waals surface area (Å²) in [5.74, 6) is 0.875. The highest BCUT2D eigenvalue weighted by atomic mass is 16.5. The lowest BCUT2D eigenvalue weighted by Gasteiger charge is -2.25. The molecule has 0 bridgehead atoms. The van der Waals surface area contributed by atoms with Crippen molar-refractivity contribution in [2.24, 2.45) is 0 Å². The van der Waals surface area contributed by atoms with Crippen molar-refractivity contribution < 1.29 is 9.53 Å². The molecule has 0 spiro atoms. The number of hydrogen-bond acceptors (Lipinski definition) is 2. The van der Waals surface area contributed by atoms with Gasteiger partial charge in [0.15, 0.2) is 0 Å². The summed E-state index contributed by atoms with van der Waals surface area (Å²) in [6.45, 7) is 3.53. The van der Waals surface area contributed by atoms with E-state index in [1.165, 1.54) is 16.7 Å². The smallest absolute Gasteiger partial charge is 0.258 e. The van der Waals surface area contributed by atoms with Crippen LogP contribution < -0.4 is 9.64 Å². The average Bonchev–Trinajstić information content (AvgIpc) is 2.90. The predicted molar refractivity (Wildman–Crippen MR) is 114 cm³/mol. The molecule has 3 heteroatoms. The van der Waals surface area contributed by atoms with Crippen molar-refractivity contribution in [2.75, 3.05) is 18.1 Å². The van der Waals surface area contributed by atoms with Crippen LogP contribution in [0.3, 0.4) is 0 Å². The van der Waals surface area contributed by atoms with E-state index in [0.29, 0.717) is 18.7 Å². The van der Waals surface area contributed by atoms with E-state index in [1.807, 2.05) is 35.2 Å². The molecule has 0 fully saturated rings. The number of rotatable bonds is 5. The van der Waals surface area contributed by atoms with E-state index in [-0.39, 0.29) is 5.91 Å². The zero-order valence-corrected chi connectivity index (χ0v) is 16.5. The number of hydrogen-bond donors (Lipinski definition) is 0. The molecule has 1 amide bonds. The Hall–Kier alpha value is -2.81. The van der Waals surface area contributed by atoms with E-state index < -0.39 is 0 Å². The van der Waals surface area contributed by atoms with Gasteiger partial charge in [0, 0.05) is 17.8 Å². The number of anilines is 1. The third-order valence-corrected chi connectivity index (χ3v) is 5.51. The molecule has 1 aliphatic heterocycles. The van der Waals surface area contributed by atoms with Crippen molar-refractivity contribution in [3.8, 4) is 5.75 Å². The molecule has 28 heavy (non-hydrogen) atoms. The zero-order chi connectivity index (χ0) is 19.3. The van der Waals surface area contributed by atoms with E-state index in [4.69, 9.17) is 4.74 Å². The largest absolute Gasteiger partial charge is 0.494 e.